The first-order valence-corrected chi connectivity index (χ1v) is 9.72. The molecule has 5 nitrogen and oxygen atoms in total. The minimum absolute atomic E-state index is 0.127. The third-order valence-corrected chi connectivity index (χ3v) is 6.68. The highest BCUT2D eigenvalue weighted by Gasteiger charge is 2.54. The quantitative estimate of drug-likeness (QED) is 0.754. The third kappa shape index (κ3) is 2.74. The second kappa shape index (κ2) is 5.88. The van der Waals surface area contributed by atoms with Crippen LogP contribution in [-0.4, -0.2) is 46.9 Å². The normalized spacial score (nSPS) is 30.3. The number of rotatable bonds is 0. The van der Waals surface area contributed by atoms with Gasteiger partial charge in [-0.15, -0.1) is 0 Å². The average Bonchev–Trinajstić information content (AvgIpc) is 3.18. The molecule has 1 aliphatic carbocycles. The van der Waals surface area contributed by atoms with Gasteiger partial charge in [0.05, 0.1) is 12.2 Å². The Morgan fingerprint density at radius 2 is 1.74 bits per heavy atom. The van der Waals surface area contributed by atoms with Crippen molar-refractivity contribution in [3.05, 3.63) is 35.4 Å². The van der Waals surface area contributed by atoms with Gasteiger partial charge in [0.25, 0.3) is 6.02 Å². The van der Waals surface area contributed by atoms with Crippen molar-refractivity contribution in [2.45, 2.75) is 68.5 Å². The van der Waals surface area contributed by atoms with Crippen LogP contribution >= 0.6 is 0 Å². The maximum Gasteiger partial charge on any atom is 0.290 e. The van der Waals surface area contributed by atoms with Crippen LogP contribution in [0.1, 0.15) is 49.7 Å². The van der Waals surface area contributed by atoms with Crippen LogP contribution in [0.25, 0.3) is 0 Å². The highest BCUT2D eigenvalue weighted by atomic mass is 19.3. The van der Waals surface area contributed by atoms with E-state index in [4.69, 9.17) is 9.47 Å². The summed E-state index contributed by atoms with van der Waals surface area (Å²) in [5, 5.41) is 10.4. The number of aliphatic imine (C=N–C) groups is 1. The van der Waals surface area contributed by atoms with Gasteiger partial charge in [-0.25, -0.2) is 8.78 Å². The molecule has 4 aliphatic rings. The molecule has 2 spiro atoms. The van der Waals surface area contributed by atoms with Gasteiger partial charge in [0.2, 0.25) is 5.92 Å². The molecular formula is C20H24F2N2O3. The number of piperidine rings is 1. The molecule has 0 bridgehead atoms. The Kier molecular flexibility index (Phi) is 3.78. The van der Waals surface area contributed by atoms with Crippen LogP contribution in [0.15, 0.2) is 29.3 Å². The SMILES string of the molecule is OC1N=C(N2CCC3(CC2)OCc2ccccc23)OC12CCC(F)(F)CC2. The van der Waals surface area contributed by atoms with Gasteiger partial charge in [0.15, 0.2) is 11.8 Å². The number of aliphatic hydroxyl groups is 1. The Morgan fingerprint density at radius 1 is 1.04 bits per heavy atom. The van der Waals surface area contributed by atoms with Crippen LogP contribution in [0.2, 0.25) is 0 Å². The van der Waals surface area contributed by atoms with Crippen molar-refractivity contribution in [1.29, 1.82) is 0 Å². The zero-order valence-corrected chi connectivity index (χ0v) is 15.2. The lowest BCUT2D eigenvalue weighted by Crippen LogP contribution is -2.49. The minimum Gasteiger partial charge on any atom is -0.454 e. The predicted molar refractivity (Wildman–Crippen MR) is 94.4 cm³/mol. The summed E-state index contributed by atoms with van der Waals surface area (Å²) in [6, 6.07) is 8.73. The Hall–Kier alpha value is -1.73. The molecule has 1 unspecified atom stereocenters. The number of ether oxygens (including phenoxy) is 2. The molecule has 1 saturated heterocycles. The summed E-state index contributed by atoms with van der Waals surface area (Å²) in [5.41, 5.74) is 1.28. The van der Waals surface area contributed by atoms with E-state index in [9.17, 15) is 13.9 Å². The van der Waals surface area contributed by atoms with Gasteiger partial charge in [-0.3, -0.25) is 0 Å². The molecule has 1 saturated carbocycles. The van der Waals surface area contributed by atoms with E-state index in [1.165, 1.54) is 11.1 Å². The Morgan fingerprint density at radius 3 is 2.48 bits per heavy atom. The van der Waals surface area contributed by atoms with Crippen molar-refractivity contribution in [3.8, 4) is 0 Å². The number of aliphatic hydroxyl groups excluding tert-OH is 1. The number of fused-ring (bicyclic) bond motifs is 2. The summed E-state index contributed by atoms with van der Waals surface area (Å²) in [6.07, 6.45) is 0.288. The van der Waals surface area contributed by atoms with Crippen molar-refractivity contribution in [3.63, 3.8) is 0 Å². The highest BCUT2D eigenvalue weighted by molar-refractivity contribution is 5.76. The maximum absolute atomic E-state index is 13.5. The molecule has 1 atom stereocenters. The first kappa shape index (κ1) is 17.4. The Labute approximate surface area is 157 Å². The van der Waals surface area contributed by atoms with Crippen molar-refractivity contribution >= 4 is 6.02 Å². The van der Waals surface area contributed by atoms with Crippen LogP contribution in [0.4, 0.5) is 8.78 Å². The van der Waals surface area contributed by atoms with Crippen LogP contribution in [0.3, 0.4) is 0 Å². The fourth-order valence-electron chi connectivity index (χ4n) is 4.89. The number of alkyl halides is 2. The molecule has 146 valence electrons. The van der Waals surface area contributed by atoms with Gasteiger partial charge in [0.1, 0.15) is 0 Å². The average molecular weight is 378 g/mol. The zero-order chi connectivity index (χ0) is 18.7. The molecule has 0 amide bonds. The van der Waals surface area contributed by atoms with Crippen molar-refractivity contribution < 1.29 is 23.4 Å². The molecular weight excluding hydrogens is 354 g/mol. The standard InChI is InChI=1S/C20H24F2N2O3/c21-20(22)7-5-19(6-8-20)16(25)23-17(27-19)24-11-9-18(10-12-24)15-4-2-1-3-14(15)13-26-18/h1-4,16,25H,5-13H2. The van der Waals surface area contributed by atoms with E-state index in [-0.39, 0.29) is 31.3 Å². The summed E-state index contributed by atoms with van der Waals surface area (Å²) in [7, 11) is 0. The van der Waals surface area contributed by atoms with E-state index >= 15 is 0 Å². The van der Waals surface area contributed by atoms with E-state index < -0.39 is 17.8 Å². The van der Waals surface area contributed by atoms with Crippen LogP contribution in [0, 0.1) is 0 Å². The van der Waals surface area contributed by atoms with Gasteiger partial charge in [-0.2, -0.15) is 4.99 Å². The van der Waals surface area contributed by atoms with E-state index in [0.717, 1.165) is 12.8 Å². The van der Waals surface area contributed by atoms with E-state index in [0.29, 0.717) is 25.7 Å². The number of likely N-dealkylation sites (tertiary alicyclic amines) is 1. The molecule has 7 heteroatoms. The summed E-state index contributed by atoms with van der Waals surface area (Å²) in [4.78, 5) is 6.30. The third-order valence-electron chi connectivity index (χ3n) is 6.68. The van der Waals surface area contributed by atoms with Gasteiger partial charge < -0.3 is 19.5 Å². The molecule has 1 aromatic carbocycles. The topological polar surface area (TPSA) is 54.3 Å². The summed E-state index contributed by atoms with van der Waals surface area (Å²) in [5.74, 6) is -2.66. The van der Waals surface area contributed by atoms with Crippen molar-refractivity contribution in [2.75, 3.05) is 13.1 Å². The van der Waals surface area contributed by atoms with E-state index in [2.05, 4.69) is 17.1 Å². The molecule has 5 rings (SSSR count). The monoisotopic (exact) mass is 378 g/mol. The molecule has 2 fully saturated rings. The number of nitrogens with zero attached hydrogens (tertiary/aromatic N) is 2. The largest absolute Gasteiger partial charge is 0.454 e. The van der Waals surface area contributed by atoms with E-state index in [1.54, 1.807) is 0 Å². The molecule has 1 N–H and O–H groups in total. The molecule has 27 heavy (non-hydrogen) atoms. The number of amidine groups is 1. The smallest absolute Gasteiger partial charge is 0.290 e. The van der Waals surface area contributed by atoms with E-state index in [1.807, 2.05) is 17.0 Å². The van der Waals surface area contributed by atoms with Gasteiger partial charge >= 0.3 is 0 Å². The number of hydrogen-bond acceptors (Lipinski definition) is 5. The number of benzene rings is 1. The fourth-order valence-corrected chi connectivity index (χ4v) is 4.89. The van der Waals surface area contributed by atoms with Crippen molar-refractivity contribution in [2.24, 2.45) is 4.99 Å². The van der Waals surface area contributed by atoms with Gasteiger partial charge in [-0.05, 0) is 36.8 Å². The first-order valence-electron chi connectivity index (χ1n) is 9.72. The van der Waals surface area contributed by atoms with Crippen LogP contribution in [-0.2, 0) is 21.7 Å². The lowest BCUT2D eigenvalue weighted by Gasteiger charge is -2.41. The van der Waals surface area contributed by atoms with Gasteiger partial charge in [0, 0.05) is 25.9 Å². The Balaban J connectivity index is 1.27. The highest BCUT2D eigenvalue weighted by Crippen LogP contribution is 2.47. The molecule has 3 heterocycles. The van der Waals surface area contributed by atoms with Crippen molar-refractivity contribution in [1.82, 2.24) is 4.90 Å². The summed E-state index contributed by atoms with van der Waals surface area (Å²) >= 11 is 0. The predicted octanol–water partition coefficient (Wildman–Crippen LogP) is 3.16. The first-order chi connectivity index (χ1) is 12.9. The molecule has 3 aliphatic heterocycles. The lowest BCUT2D eigenvalue weighted by atomic mass is 9.81. The maximum atomic E-state index is 13.5. The molecule has 0 radical (unpaired) electrons. The van der Waals surface area contributed by atoms with Crippen LogP contribution in [0.5, 0.6) is 0 Å². The second-order valence-electron chi connectivity index (χ2n) is 8.24. The van der Waals surface area contributed by atoms with Gasteiger partial charge in [-0.1, -0.05) is 24.3 Å². The molecule has 1 aromatic rings. The number of hydrogen-bond donors (Lipinski definition) is 1. The fraction of sp³-hybridized carbons (Fsp3) is 0.650. The zero-order valence-electron chi connectivity index (χ0n) is 15.2. The Bertz CT molecular complexity index is 764. The second-order valence-corrected chi connectivity index (χ2v) is 8.24. The van der Waals surface area contributed by atoms with Crippen LogP contribution < -0.4 is 0 Å². The lowest BCUT2D eigenvalue weighted by molar-refractivity contribution is -0.130. The summed E-state index contributed by atoms with van der Waals surface area (Å²) in [6.45, 7) is 2.04. The number of halogens is 2. The molecule has 0 aromatic heterocycles. The minimum atomic E-state index is -2.66. The summed E-state index contributed by atoms with van der Waals surface area (Å²) < 4.78 is 39.2.